The van der Waals surface area contributed by atoms with Crippen LogP contribution in [-0.4, -0.2) is 30.6 Å². The van der Waals surface area contributed by atoms with E-state index in [1.807, 2.05) is 11.4 Å². The van der Waals surface area contributed by atoms with Crippen LogP contribution in [0.3, 0.4) is 0 Å². The largest absolute Gasteiger partial charge is 0.336 e. The van der Waals surface area contributed by atoms with Gasteiger partial charge in [-0.15, -0.1) is 0 Å². The molecule has 0 aliphatic carbocycles. The third-order valence-electron chi connectivity index (χ3n) is 4.36. The van der Waals surface area contributed by atoms with Crippen molar-refractivity contribution < 1.29 is 9.18 Å². The third-order valence-corrected chi connectivity index (χ3v) is 5.06. The Morgan fingerprint density at radius 1 is 1.38 bits per heavy atom. The van der Waals surface area contributed by atoms with Gasteiger partial charge in [0.1, 0.15) is 5.82 Å². The number of carbonyl (C=O) groups is 1. The molecule has 0 unspecified atom stereocenters. The van der Waals surface area contributed by atoms with E-state index < -0.39 is 11.8 Å². The van der Waals surface area contributed by atoms with E-state index in [0.29, 0.717) is 17.8 Å². The summed E-state index contributed by atoms with van der Waals surface area (Å²) in [4.78, 5) is 14.6. The van der Waals surface area contributed by atoms with Gasteiger partial charge >= 0.3 is 6.03 Å². The number of carbonyl (C=O) groups excluding carboxylic acids is 1. The van der Waals surface area contributed by atoms with Crippen molar-refractivity contribution in [2.24, 2.45) is 0 Å². The monoisotopic (exact) mass is 374 g/mol. The predicted octanol–water partition coefficient (Wildman–Crippen LogP) is 4.27. The highest BCUT2D eigenvalue weighted by Gasteiger charge is 2.19. The summed E-state index contributed by atoms with van der Waals surface area (Å²) in [6, 6.07) is 6.23. The van der Waals surface area contributed by atoms with E-state index in [9.17, 15) is 9.18 Å². The second-order valence-corrected chi connectivity index (χ2v) is 6.65. The Labute approximate surface area is 157 Å². The van der Waals surface area contributed by atoms with Gasteiger partial charge in [0.25, 0.3) is 0 Å². The molecule has 0 fully saturated rings. The molecule has 1 aromatic heterocycles. The molecular formula is C19H23FN4OS. The average molecular weight is 374 g/mol. The van der Waals surface area contributed by atoms with Crippen LogP contribution in [0.1, 0.15) is 36.6 Å². The predicted molar refractivity (Wildman–Crippen MR) is 103 cm³/mol. The molecule has 2 N–H and O–H groups in total. The van der Waals surface area contributed by atoms with E-state index in [0.717, 1.165) is 24.7 Å². The summed E-state index contributed by atoms with van der Waals surface area (Å²) in [5.41, 5.74) is 1.93. The van der Waals surface area contributed by atoms with E-state index in [1.54, 1.807) is 18.3 Å². The first-order chi connectivity index (χ1) is 12.5. The zero-order valence-electron chi connectivity index (χ0n) is 15.2. The van der Waals surface area contributed by atoms with Crippen LogP contribution in [-0.2, 0) is 0 Å². The number of nitrogens with zero attached hydrogens (tertiary/aromatic N) is 2. The highest BCUT2D eigenvalue weighted by molar-refractivity contribution is 7.07. The van der Waals surface area contributed by atoms with Crippen molar-refractivity contribution >= 4 is 23.1 Å². The average Bonchev–Trinajstić information content (AvgIpc) is 3.16. The molecule has 1 aromatic carbocycles. The smallest absolute Gasteiger partial charge is 0.319 e. The number of likely N-dealkylation sites (N-methyl/N-ethyl adjacent to an activating group) is 1. The van der Waals surface area contributed by atoms with Crippen molar-refractivity contribution in [1.82, 2.24) is 10.2 Å². The minimum absolute atomic E-state index is 0.0743. The van der Waals surface area contributed by atoms with Crippen LogP contribution in [0, 0.1) is 24.1 Å². The van der Waals surface area contributed by atoms with Gasteiger partial charge in [0.15, 0.2) is 0 Å². The molecule has 0 aliphatic heterocycles. The maximum absolute atomic E-state index is 13.8. The van der Waals surface area contributed by atoms with Crippen LogP contribution >= 0.6 is 11.3 Å². The highest BCUT2D eigenvalue weighted by atomic mass is 32.1. The fraction of sp³-hybridized carbons (Fsp3) is 0.368. The van der Waals surface area contributed by atoms with Gasteiger partial charge in [-0.05, 0) is 54.5 Å². The van der Waals surface area contributed by atoms with Crippen molar-refractivity contribution in [3.63, 3.8) is 0 Å². The van der Waals surface area contributed by atoms with E-state index in [-0.39, 0.29) is 11.6 Å². The summed E-state index contributed by atoms with van der Waals surface area (Å²) < 4.78 is 13.8. The second-order valence-electron chi connectivity index (χ2n) is 5.87. The Morgan fingerprint density at radius 3 is 2.69 bits per heavy atom. The summed E-state index contributed by atoms with van der Waals surface area (Å²) in [6.07, 6.45) is 0. The number of hydrogen-bond acceptors (Lipinski definition) is 4. The molecule has 26 heavy (non-hydrogen) atoms. The van der Waals surface area contributed by atoms with E-state index in [1.165, 1.54) is 6.07 Å². The number of rotatable bonds is 7. The number of amides is 2. The zero-order chi connectivity index (χ0) is 19.1. The van der Waals surface area contributed by atoms with Crippen LogP contribution in [0.5, 0.6) is 0 Å². The van der Waals surface area contributed by atoms with Crippen LogP contribution < -0.4 is 10.6 Å². The number of thiophene rings is 1. The number of hydrogen-bond donors (Lipinski definition) is 2. The van der Waals surface area contributed by atoms with E-state index in [4.69, 9.17) is 5.26 Å². The molecule has 1 atom stereocenters. The number of benzene rings is 1. The Bertz CT molecular complexity index is 782. The van der Waals surface area contributed by atoms with Crippen LogP contribution in [0.4, 0.5) is 14.9 Å². The molecular weight excluding hydrogens is 351 g/mol. The topological polar surface area (TPSA) is 68.2 Å². The second kappa shape index (κ2) is 9.32. The summed E-state index contributed by atoms with van der Waals surface area (Å²) in [7, 11) is 0. The maximum Gasteiger partial charge on any atom is 0.319 e. The van der Waals surface area contributed by atoms with Gasteiger partial charge in [-0.1, -0.05) is 13.8 Å². The van der Waals surface area contributed by atoms with Crippen LogP contribution in [0.25, 0.3) is 0 Å². The highest BCUT2D eigenvalue weighted by Crippen LogP contribution is 2.23. The number of anilines is 1. The summed E-state index contributed by atoms with van der Waals surface area (Å²) >= 11 is 1.62. The molecule has 0 spiro atoms. The van der Waals surface area contributed by atoms with E-state index >= 15 is 0 Å². The number of urea groups is 1. The Balaban J connectivity index is 2.07. The molecule has 1 heterocycles. The van der Waals surface area contributed by atoms with Gasteiger partial charge < -0.3 is 10.6 Å². The molecule has 138 valence electrons. The van der Waals surface area contributed by atoms with Gasteiger partial charge in [0.2, 0.25) is 0 Å². The van der Waals surface area contributed by atoms with Gasteiger partial charge in [-0.2, -0.15) is 16.6 Å². The molecule has 0 bridgehead atoms. The standard InChI is InChI=1S/C19H23FN4OS/c1-4-24(5-2)18(15-6-7-26-12-15)11-22-19(25)23-17-9-14(10-21)8-16(20)13(17)3/h6-9,12,18H,4-5,11H2,1-3H3,(H2,22,23,25)/t18-/m1/s1. The minimum atomic E-state index is -0.515. The first-order valence-electron chi connectivity index (χ1n) is 8.51. The first-order valence-corrected chi connectivity index (χ1v) is 9.45. The normalized spacial score (nSPS) is 11.8. The van der Waals surface area contributed by atoms with E-state index in [2.05, 4.69) is 40.8 Å². The lowest BCUT2D eigenvalue weighted by Crippen LogP contribution is -2.39. The van der Waals surface area contributed by atoms with Gasteiger partial charge in [0, 0.05) is 17.8 Å². The molecule has 5 nitrogen and oxygen atoms in total. The zero-order valence-corrected chi connectivity index (χ0v) is 16.0. The molecule has 2 aromatic rings. The quantitative estimate of drug-likeness (QED) is 0.760. The van der Waals surface area contributed by atoms with Crippen molar-refractivity contribution in [2.45, 2.75) is 26.8 Å². The summed E-state index contributed by atoms with van der Waals surface area (Å²) in [6.45, 7) is 7.91. The summed E-state index contributed by atoms with van der Waals surface area (Å²) in [5.74, 6) is -0.515. The fourth-order valence-electron chi connectivity index (χ4n) is 2.82. The lowest BCUT2D eigenvalue weighted by molar-refractivity contribution is 0.210. The molecule has 0 saturated carbocycles. The Hall–Kier alpha value is -2.43. The fourth-order valence-corrected chi connectivity index (χ4v) is 3.52. The molecule has 0 saturated heterocycles. The van der Waals surface area contributed by atoms with Crippen molar-refractivity contribution in [3.8, 4) is 6.07 Å². The molecule has 7 heteroatoms. The lowest BCUT2D eigenvalue weighted by atomic mass is 10.1. The Kier molecular flexibility index (Phi) is 7.13. The van der Waals surface area contributed by atoms with Crippen LogP contribution in [0.2, 0.25) is 0 Å². The molecule has 2 rings (SSSR count). The first kappa shape index (κ1) is 19.9. The van der Waals surface area contributed by atoms with Gasteiger partial charge in [-0.3, -0.25) is 4.90 Å². The van der Waals surface area contributed by atoms with Crippen molar-refractivity contribution in [1.29, 1.82) is 5.26 Å². The van der Waals surface area contributed by atoms with Gasteiger partial charge in [0.05, 0.1) is 17.7 Å². The third kappa shape index (κ3) is 4.81. The molecule has 0 radical (unpaired) electrons. The van der Waals surface area contributed by atoms with Crippen LogP contribution in [0.15, 0.2) is 29.0 Å². The SMILES string of the molecule is CCN(CC)[C@H](CNC(=O)Nc1cc(C#N)cc(F)c1C)c1ccsc1. The van der Waals surface area contributed by atoms with Gasteiger partial charge in [-0.25, -0.2) is 9.18 Å². The maximum atomic E-state index is 13.8. The number of halogens is 1. The lowest BCUT2D eigenvalue weighted by Gasteiger charge is -2.29. The molecule has 2 amide bonds. The number of nitrogens with one attached hydrogen (secondary N) is 2. The number of nitriles is 1. The summed E-state index contributed by atoms with van der Waals surface area (Å²) in [5, 5.41) is 18.6. The Morgan fingerprint density at radius 2 is 2.12 bits per heavy atom. The minimum Gasteiger partial charge on any atom is -0.336 e. The molecule has 0 aliphatic rings. The van der Waals surface area contributed by atoms with Crippen molar-refractivity contribution in [2.75, 3.05) is 25.0 Å². The van der Waals surface area contributed by atoms with Crippen molar-refractivity contribution in [3.05, 3.63) is 51.5 Å².